The van der Waals surface area contributed by atoms with Crippen LogP contribution in [0.1, 0.15) is 24.1 Å². The van der Waals surface area contributed by atoms with Crippen LogP contribution in [0, 0.1) is 12.8 Å². The largest absolute Gasteiger partial charge is 0.365 e. The van der Waals surface area contributed by atoms with Gasteiger partial charge in [0, 0.05) is 36.1 Å². The van der Waals surface area contributed by atoms with Crippen LogP contribution in [0.25, 0.3) is 18.0 Å². The Kier molecular flexibility index (Phi) is 4.35. The van der Waals surface area contributed by atoms with Crippen molar-refractivity contribution in [3.8, 4) is 0 Å². The van der Waals surface area contributed by atoms with E-state index in [4.69, 9.17) is 0 Å². The molecule has 1 fully saturated rings. The first-order valence-corrected chi connectivity index (χ1v) is 8.99. The highest BCUT2D eigenvalue weighted by molar-refractivity contribution is 5.87. The average Bonchev–Trinajstić information content (AvgIpc) is 3.41. The van der Waals surface area contributed by atoms with Crippen LogP contribution in [0.3, 0.4) is 0 Å². The van der Waals surface area contributed by atoms with Crippen LogP contribution < -0.4 is 26.8 Å². The Morgan fingerprint density at radius 2 is 2.19 bits per heavy atom. The lowest BCUT2D eigenvalue weighted by molar-refractivity contribution is -0.109. The quantitative estimate of drug-likeness (QED) is 0.701. The van der Waals surface area contributed by atoms with Crippen molar-refractivity contribution in [2.75, 3.05) is 18.4 Å². The third-order valence-electron chi connectivity index (χ3n) is 4.85. The molecule has 7 heteroatoms. The maximum absolute atomic E-state index is 13.1. The molecule has 4 rings (SSSR count). The maximum Gasteiger partial charge on any atom is 0.299 e. The number of hydrogen-bond acceptors (Lipinski definition) is 5. The summed E-state index contributed by atoms with van der Waals surface area (Å²) in [5, 5.41) is 7.46. The highest BCUT2D eigenvalue weighted by Crippen LogP contribution is 2.28. The van der Waals surface area contributed by atoms with Gasteiger partial charge in [0.15, 0.2) is 5.82 Å². The van der Waals surface area contributed by atoms with Gasteiger partial charge in [0.05, 0.1) is 5.36 Å². The molecule has 7 nitrogen and oxygen atoms in total. The van der Waals surface area contributed by atoms with Crippen LogP contribution >= 0.6 is 0 Å². The molecule has 0 saturated heterocycles. The van der Waals surface area contributed by atoms with E-state index in [1.165, 1.54) is 12.8 Å². The fourth-order valence-corrected chi connectivity index (χ4v) is 3.21. The standard InChI is InChI=1S/C20H21N5O2/c1-12-3-6-17-15(7-12)16(10-21-11-26)19(24-17)25-13(2)8-22-18(20(25)27)23-9-14-4-5-14/h3,6-8,11,14H,1,4-5,9-10H2,2H3,(H,21,26)(H,22,23). The number of nitrogens with zero attached hydrogens (tertiary/aromatic N) is 3. The van der Waals surface area contributed by atoms with Crippen LogP contribution in [-0.4, -0.2) is 29.1 Å². The Labute approximate surface area is 156 Å². The summed E-state index contributed by atoms with van der Waals surface area (Å²) in [6.07, 6.45) is 4.69. The van der Waals surface area contributed by atoms with E-state index in [1.54, 1.807) is 10.8 Å². The van der Waals surface area contributed by atoms with Gasteiger partial charge in [-0.2, -0.15) is 0 Å². The van der Waals surface area contributed by atoms with Gasteiger partial charge >= 0.3 is 0 Å². The third kappa shape index (κ3) is 3.28. The molecule has 0 spiro atoms. The number of fused-ring (bicyclic) bond motifs is 1. The second-order valence-corrected chi connectivity index (χ2v) is 6.98. The van der Waals surface area contributed by atoms with Crippen molar-refractivity contribution < 1.29 is 4.79 Å². The Hall–Kier alpha value is -3.22. The van der Waals surface area contributed by atoms with E-state index in [0.717, 1.165) is 28.3 Å². The van der Waals surface area contributed by atoms with Crippen molar-refractivity contribution in [3.63, 3.8) is 0 Å². The molecule has 1 amide bonds. The van der Waals surface area contributed by atoms with E-state index < -0.39 is 0 Å². The molecule has 0 bridgehead atoms. The van der Waals surface area contributed by atoms with Gasteiger partial charge in [0.1, 0.15) is 5.82 Å². The summed E-state index contributed by atoms with van der Waals surface area (Å²) in [5.41, 5.74) is 2.11. The number of anilines is 1. The summed E-state index contributed by atoms with van der Waals surface area (Å²) in [7, 11) is 0. The molecular weight excluding hydrogens is 342 g/mol. The Bertz CT molecular complexity index is 1110. The minimum absolute atomic E-state index is 0.236. The van der Waals surface area contributed by atoms with Crippen molar-refractivity contribution in [3.05, 3.63) is 56.6 Å². The highest BCUT2D eigenvalue weighted by atomic mass is 16.1. The molecule has 1 saturated carbocycles. The zero-order valence-electron chi connectivity index (χ0n) is 15.2. The minimum Gasteiger partial charge on any atom is -0.365 e. The number of rotatable bonds is 7. The summed E-state index contributed by atoms with van der Waals surface area (Å²) < 4.78 is 1.56. The molecule has 0 radical (unpaired) electrons. The molecule has 0 unspecified atom stereocenters. The summed E-state index contributed by atoms with van der Waals surface area (Å²) in [6.45, 7) is 6.82. The average molecular weight is 363 g/mol. The van der Waals surface area contributed by atoms with Gasteiger partial charge in [0.2, 0.25) is 6.41 Å². The summed E-state index contributed by atoms with van der Waals surface area (Å²) in [4.78, 5) is 32.9. The fraction of sp³-hybridized carbons (Fsp3) is 0.300. The predicted octanol–water partition coefficient (Wildman–Crippen LogP) is 0.489. The van der Waals surface area contributed by atoms with Crippen LogP contribution in [0.2, 0.25) is 0 Å². The van der Waals surface area contributed by atoms with E-state index in [-0.39, 0.29) is 12.1 Å². The number of amides is 1. The zero-order chi connectivity index (χ0) is 19.0. The molecule has 0 atom stereocenters. The smallest absolute Gasteiger partial charge is 0.299 e. The van der Waals surface area contributed by atoms with Gasteiger partial charge in [-0.15, -0.1) is 0 Å². The van der Waals surface area contributed by atoms with E-state index in [2.05, 4.69) is 27.2 Å². The molecule has 138 valence electrons. The zero-order valence-corrected chi connectivity index (χ0v) is 15.2. The second kappa shape index (κ2) is 6.83. The van der Waals surface area contributed by atoms with Gasteiger partial charge < -0.3 is 10.6 Å². The molecule has 2 aliphatic rings. The number of carbonyl (C=O) groups is 1. The summed E-state index contributed by atoms with van der Waals surface area (Å²) in [6, 6.07) is 5.67. The van der Waals surface area contributed by atoms with Crippen LogP contribution in [0.4, 0.5) is 5.82 Å². The van der Waals surface area contributed by atoms with Gasteiger partial charge in [0.25, 0.3) is 5.56 Å². The van der Waals surface area contributed by atoms with E-state index >= 15 is 0 Å². The second-order valence-electron chi connectivity index (χ2n) is 6.98. The number of aromatic nitrogens is 2. The normalized spacial score (nSPS) is 15.3. The molecule has 27 heavy (non-hydrogen) atoms. The lowest BCUT2D eigenvalue weighted by atomic mass is 10.1. The number of hydrogen-bond donors (Lipinski definition) is 2. The van der Waals surface area contributed by atoms with Crippen molar-refractivity contribution in [1.82, 2.24) is 14.9 Å². The predicted molar refractivity (Wildman–Crippen MR) is 104 cm³/mol. The lowest BCUT2D eigenvalue weighted by Crippen LogP contribution is -2.27. The van der Waals surface area contributed by atoms with Gasteiger partial charge in [-0.05, 0) is 43.0 Å². The minimum atomic E-state index is -0.236. The molecule has 2 aromatic rings. The monoisotopic (exact) mass is 363 g/mol. The topological polar surface area (TPSA) is 88.4 Å². The Balaban J connectivity index is 1.84. The fourth-order valence-electron chi connectivity index (χ4n) is 3.21. The number of benzene rings is 1. The molecular formula is C20H21N5O2. The van der Waals surface area contributed by atoms with Crippen molar-refractivity contribution in [2.24, 2.45) is 10.9 Å². The third-order valence-corrected chi connectivity index (χ3v) is 4.85. The van der Waals surface area contributed by atoms with Crippen LogP contribution in [0.5, 0.6) is 0 Å². The molecule has 1 aliphatic carbocycles. The number of carbonyl (C=O) groups excluding carboxylic acids is 1. The van der Waals surface area contributed by atoms with E-state index in [0.29, 0.717) is 29.7 Å². The van der Waals surface area contributed by atoms with E-state index in [9.17, 15) is 9.59 Å². The molecule has 1 aromatic carbocycles. The first-order valence-electron chi connectivity index (χ1n) is 8.99. The number of nitrogens with one attached hydrogen (secondary N) is 2. The molecule has 2 heterocycles. The summed E-state index contributed by atoms with van der Waals surface area (Å²) >= 11 is 0. The van der Waals surface area contributed by atoms with Crippen LogP contribution in [0.15, 0.2) is 34.2 Å². The first kappa shape index (κ1) is 17.2. The molecule has 2 N–H and O–H groups in total. The van der Waals surface area contributed by atoms with Gasteiger partial charge in [-0.3, -0.25) is 14.2 Å². The number of aryl methyl sites for hydroxylation is 1. The Morgan fingerprint density at radius 3 is 2.93 bits per heavy atom. The SMILES string of the molecule is C=c1ccc2c(c1)C(CNC=O)=C(n1c(C)cnc(NCC3CC3)c1=O)N=2. The van der Waals surface area contributed by atoms with E-state index in [1.807, 2.05) is 25.1 Å². The van der Waals surface area contributed by atoms with Crippen LogP contribution in [-0.2, 0) is 4.79 Å². The first-order chi connectivity index (χ1) is 13.1. The molecule has 1 aliphatic heterocycles. The van der Waals surface area contributed by atoms with Crippen molar-refractivity contribution in [2.45, 2.75) is 19.8 Å². The maximum atomic E-state index is 13.1. The van der Waals surface area contributed by atoms with Gasteiger partial charge in [-0.25, -0.2) is 9.98 Å². The highest BCUT2D eigenvalue weighted by Gasteiger charge is 2.24. The van der Waals surface area contributed by atoms with Crippen molar-refractivity contribution in [1.29, 1.82) is 0 Å². The van der Waals surface area contributed by atoms with Gasteiger partial charge in [-0.1, -0.05) is 12.6 Å². The summed E-state index contributed by atoms with van der Waals surface area (Å²) in [5.74, 6) is 1.47. The molecule has 1 aromatic heterocycles. The van der Waals surface area contributed by atoms with Crippen molar-refractivity contribution >= 4 is 30.2 Å². The Morgan fingerprint density at radius 1 is 1.37 bits per heavy atom. The lowest BCUT2D eigenvalue weighted by Gasteiger charge is -2.14.